The summed E-state index contributed by atoms with van der Waals surface area (Å²) in [6.45, 7) is 2.70. The minimum atomic E-state index is -0.663. The number of alkyl halides is 1. The van der Waals surface area contributed by atoms with Crippen molar-refractivity contribution in [2.45, 2.75) is 90.4 Å². The van der Waals surface area contributed by atoms with Gasteiger partial charge in [0.1, 0.15) is 0 Å². The first kappa shape index (κ1) is 20.6. The van der Waals surface area contributed by atoms with Gasteiger partial charge in [-0.2, -0.15) is 0 Å². The Labute approximate surface area is 135 Å². The molecule has 3 nitrogen and oxygen atoms in total. The monoisotopic (exact) mass is 320 g/mol. The lowest BCUT2D eigenvalue weighted by molar-refractivity contribution is 0.0664. The van der Waals surface area contributed by atoms with Gasteiger partial charge in [0, 0.05) is 0 Å². The lowest BCUT2D eigenvalue weighted by Gasteiger charge is -2.04. The van der Waals surface area contributed by atoms with Crippen molar-refractivity contribution >= 4 is 17.8 Å². The molecule has 0 radical (unpaired) electrons. The molecule has 0 unspecified atom stereocenters. The first-order valence-corrected chi connectivity index (χ1v) is 9.20. The van der Waals surface area contributed by atoms with E-state index < -0.39 is 6.16 Å². The molecular weight excluding hydrogens is 288 g/mol. The second-order valence-electron chi connectivity index (χ2n) is 5.59. The summed E-state index contributed by atoms with van der Waals surface area (Å²) in [5.41, 5.74) is 0. The molecule has 0 spiro atoms. The van der Waals surface area contributed by atoms with Crippen LogP contribution in [0.3, 0.4) is 0 Å². The average molecular weight is 321 g/mol. The minimum Gasteiger partial charge on any atom is -0.434 e. The third-order valence-corrected chi connectivity index (χ3v) is 3.75. The maximum absolute atomic E-state index is 10.8. The van der Waals surface area contributed by atoms with Crippen LogP contribution in [-0.2, 0) is 9.47 Å². The summed E-state index contributed by atoms with van der Waals surface area (Å²) < 4.78 is 9.30. The van der Waals surface area contributed by atoms with E-state index in [9.17, 15) is 4.79 Å². The van der Waals surface area contributed by atoms with Crippen molar-refractivity contribution in [1.29, 1.82) is 0 Å². The molecule has 0 N–H and O–H groups in total. The lowest BCUT2D eigenvalue weighted by Crippen LogP contribution is -2.07. The maximum atomic E-state index is 10.8. The highest BCUT2D eigenvalue weighted by Crippen LogP contribution is 2.12. The van der Waals surface area contributed by atoms with Crippen LogP contribution in [0.2, 0.25) is 0 Å². The molecule has 0 aromatic rings. The van der Waals surface area contributed by atoms with Gasteiger partial charge >= 0.3 is 6.16 Å². The molecule has 0 bridgehead atoms. The average Bonchev–Trinajstić information content (AvgIpc) is 2.48. The number of rotatable bonds is 15. The summed E-state index contributed by atoms with van der Waals surface area (Å²) in [6, 6.07) is -0.141. The van der Waals surface area contributed by atoms with Gasteiger partial charge < -0.3 is 9.47 Å². The highest BCUT2D eigenvalue weighted by molar-refractivity contribution is 6.17. The van der Waals surface area contributed by atoms with Crippen molar-refractivity contribution in [3.8, 4) is 0 Å². The van der Waals surface area contributed by atoms with Crippen LogP contribution in [-0.4, -0.2) is 18.8 Å². The van der Waals surface area contributed by atoms with Crippen LogP contribution in [0.1, 0.15) is 90.4 Å². The number of ether oxygens (including phenoxy) is 2. The van der Waals surface area contributed by atoms with E-state index in [1.807, 2.05) is 0 Å². The van der Waals surface area contributed by atoms with Gasteiger partial charge in [0.05, 0.1) is 6.61 Å². The van der Waals surface area contributed by atoms with Crippen LogP contribution < -0.4 is 0 Å². The van der Waals surface area contributed by atoms with E-state index in [1.54, 1.807) is 0 Å². The van der Waals surface area contributed by atoms with Crippen LogP contribution in [0.5, 0.6) is 0 Å². The summed E-state index contributed by atoms with van der Waals surface area (Å²) in [5, 5.41) is 0. The van der Waals surface area contributed by atoms with Gasteiger partial charge in [-0.15, -0.1) is 0 Å². The molecule has 0 rings (SSSR count). The smallest absolute Gasteiger partial charge is 0.434 e. The molecule has 0 aliphatic rings. The first-order valence-electron chi connectivity index (χ1n) is 8.66. The van der Waals surface area contributed by atoms with Gasteiger partial charge in [-0.1, -0.05) is 95.6 Å². The Morgan fingerprint density at radius 1 is 0.714 bits per heavy atom. The molecule has 0 aromatic carbocycles. The van der Waals surface area contributed by atoms with Gasteiger partial charge in [0.15, 0.2) is 6.07 Å². The van der Waals surface area contributed by atoms with Crippen LogP contribution in [0.15, 0.2) is 0 Å². The molecule has 126 valence electrons. The molecule has 0 amide bonds. The zero-order valence-electron chi connectivity index (χ0n) is 13.7. The molecule has 0 heterocycles. The Balaban J connectivity index is 3.01. The molecule has 0 saturated heterocycles. The number of unbranched alkanes of at least 4 members (excludes halogenated alkanes) is 12. The summed E-state index contributed by atoms with van der Waals surface area (Å²) in [4.78, 5) is 10.8. The van der Waals surface area contributed by atoms with Gasteiger partial charge in [-0.05, 0) is 6.42 Å². The molecule has 21 heavy (non-hydrogen) atoms. The third kappa shape index (κ3) is 17.5. The predicted molar refractivity (Wildman–Crippen MR) is 88.8 cm³/mol. The molecule has 4 heteroatoms. The van der Waals surface area contributed by atoms with Crippen LogP contribution in [0.25, 0.3) is 0 Å². The lowest BCUT2D eigenvalue weighted by atomic mass is 10.0. The van der Waals surface area contributed by atoms with E-state index in [4.69, 9.17) is 16.3 Å². The number of carbonyl (C=O) groups is 1. The molecule has 0 aliphatic carbocycles. The second-order valence-corrected chi connectivity index (χ2v) is 5.81. The topological polar surface area (TPSA) is 35.5 Å². The Hall–Kier alpha value is -0.440. The molecule has 0 fully saturated rings. The van der Waals surface area contributed by atoms with Crippen LogP contribution in [0.4, 0.5) is 4.79 Å². The van der Waals surface area contributed by atoms with E-state index >= 15 is 0 Å². The van der Waals surface area contributed by atoms with Gasteiger partial charge in [-0.3, -0.25) is 0 Å². The zero-order chi connectivity index (χ0) is 15.6. The fraction of sp³-hybridized carbons (Fsp3) is 0.941. The quantitative estimate of drug-likeness (QED) is 0.198. The van der Waals surface area contributed by atoms with E-state index in [-0.39, 0.29) is 6.07 Å². The van der Waals surface area contributed by atoms with Crippen molar-refractivity contribution in [2.75, 3.05) is 12.7 Å². The SMILES string of the molecule is CCCCCCCCCCCCCCCOC(=O)OCCl. The van der Waals surface area contributed by atoms with Gasteiger partial charge in [0.25, 0.3) is 0 Å². The summed E-state index contributed by atoms with van der Waals surface area (Å²) in [7, 11) is 0. The van der Waals surface area contributed by atoms with E-state index in [0.717, 1.165) is 12.8 Å². The van der Waals surface area contributed by atoms with Crippen molar-refractivity contribution < 1.29 is 14.3 Å². The number of halogens is 1. The summed E-state index contributed by atoms with van der Waals surface area (Å²) in [6.07, 6.45) is 16.4. The zero-order valence-corrected chi connectivity index (χ0v) is 14.5. The first-order chi connectivity index (χ1) is 10.3. The minimum absolute atomic E-state index is 0.141. The number of carbonyl (C=O) groups excluding carboxylic acids is 1. The number of hydrogen-bond donors (Lipinski definition) is 0. The Morgan fingerprint density at radius 3 is 1.57 bits per heavy atom. The Kier molecular flexibility index (Phi) is 17.2. The normalized spacial score (nSPS) is 10.6. The third-order valence-electron chi connectivity index (χ3n) is 3.64. The number of hydrogen-bond acceptors (Lipinski definition) is 3. The Morgan fingerprint density at radius 2 is 1.14 bits per heavy atom. The largest absolute Gasteiger partial charge is 0.509 e. The van der Waals surface area contributed by atoms with Crippen molar-refractivity contribution in [1.82, 2.24) is 0 Å². The van der Waals surface area contributed by atoms with E-state index in [1.165, 1.54) is 70.6 Å². The van der Waals surface area contributed by atoms with Crippen molar-refractivity contribution in [3.05, 3.63) is 0 Å². The molecule has 0 aromatic heterocycles. The molecular formula is C17H33ClO3. The molecule has 0 atom stereocenters. The van der Waals surface area contributed by atoms with E-state index in [0.29, 0.717) is 6.61 Å². The van der Waals surface area contributed by atoms with E-state index in [2.05, 4.69) is 11.7 Å². The fourth-order valence-electron chi connectivity index (χ4n) is 2.36. The van der Waals surface area contributed by atoms with Gasteiger partial charge in [0.2, 0.25) is 0 Å². The van der Waals surface area contributed by atoms with Crippen molar-refractivity contribution in [2.24, 2.45) is 0 Å². The second kappa shape index (κ2) is 17.6. The Bertz CT molecular complexity index is 222. The summed E-state index contributed by atoms with van der Waals surface area (Å²) >= 11 is 5.24. The van der Waals surface area contributed by atoms with Gasteiger partial charge in [-0.25, -0.2) is 4.79 Å². The molecule has 0 saturated carbocycles. The van der Waals surface area contributed by atoms with Crippen LogP contribution in [0, 0.1) is 0 Å². The highest BCUT2D eigenvalue weighted by Gasteiger charge is 2.01. The predicted octanol–water partition coefficient (Wildman–Crippen LogP) is 6.43. The maximum Gasteiger partial charge on any atom is 0.509 e. The standard InChI is InChI=1S/C17H33ClO3/c1-2-3-4-5-6-7-8-9-10-11-12-13-14-15-20-17(19)21-16-18/h2-16H2,1H3. The van der Waals surface area contributed by atoms with Crippen molar-refractivity contribution in [3.63, 3.8) is 0 Å². The summed E-state index contributed by atoms with van der Waals surface area (Å²) in [5.74, 6) is 0. The fourth-order valence-corrected chi connectivity index (χ4v) is 2.45. The van der Waals surface area contributed by atoms with Crippen LogP contribution >= 0.6 is 11.6 Å². The molecule has 0 aliphatic heterocycles. The highest BCUT2D eigenvalue weighted by atomic mass is 35.5.